The van der Waals surface area contributed by atoms with Crippen LogP contribution in [0.4, 0.5) is 0 Å². The molecule has 1 aromatic heterocycles. The van der Waals surface area contributed by atoms with E-state index in [1.54, 1.807) is 16.5 Å². The molecule has 0 saturated carbocycles. The van der Waals surface area contributed by atoms with Crippen LogP contribution in [-0.4, -0.2) is 15.2 Å². The third kappa shape index (κ3) is 4.15. The summed E-state index contributed by atoms with van der Waals surface area (Å²) < 4.78 is 6.34. The molecule has 1 aromatic carbocycles. The molecule has 5 heteroatoms. The van der Waals surface area contributed by atoms with Crippen LogP contribution < -0.4 is 4.72 Å². The number of carbonyl (C=O) groups is 1. The number of aromatic nitrogens is 1. The first-order valence-electron chi connectivity index (χ1n) is 7.43. The van der Waals surface area contributed by atoms with Crippen LogP contribution in [0.1, 0.15) is 45.0 Å². The molecule has 1 N–H and O–H groups in total. The lowest BCUT2D eigenvalue weighted by Gasteiger charge is -2.17. The second-order valence-electron chi connectivity index (χ2n) is 6.71. The summed E-state index contributed by atoms with van der Waals surface area (Å²) in [5.41, 5.74) is 2.11. The maximum atomic E-state index is 12.4. The summed E-state index contributed by atoms with van der Waals surface area (Å²) in [5.74, 6) is 0.0946. The van der Waals surface area contributed by atoms with Gasteiger partial charge in [0.1, 0.15) is 0 Å². The number of hydrogen-bond donors (Lipinski definition) is 1. The van der Waals surface area contributed by atoms with Crippen molar-refractivity contribution in [1.82, 2.24) is 9.29 Å². The second kappa shape index (κ2) is 6.77. The molecule has 0 saturated heterocycles. The number of fused-ring (bicyclic) bond motifs is 1. The van der Waals surface area contributed by atoms with E-state index in [2.05, 4.69) is 47.5 Å². The molecule has 2 aromatic rings. The first-order chi connectivity index (χ1) is 10.2. The zero-order valence-electron chi connectivity index (χ0n) is 13.7. The van der Waals surface area contributed by atoms with Crippen LogP contribution in [0.5, 0.6) is 0 Å². The van der Waals surface area contributed by atoms with Crippen molar-refractivity contribution in [2.24, 2.45) is 5.92 Å². The quantitative estimate of drug-likeness (QED) is 0.734. The molecule has 0 unspecified atom stereocenters. The van der Waals surface area contributed by atoms with Gasteiger partial charge in [-0.05, 0) is 38.5 Å². The smallest absolute Gasteiger partial charge is 0.233 e. The number of rotatable bonds is 4. The lowest BCUT2D eigenvalue weighted by atomic mass is 10.2. The van der Waals surface area contributed by atoms with Crippen molar-refractivity contribution < 1.29 is 4.79 Å². The fourth-order valence-electron chi connectivity index (χ4n) is 2.20. The normalized spacial score (nSPS) is 12.3. The maximum Gasteiger partial charge on any atom is 0.233 e. The number of benzene rings is 1. The summed E-state index contributed by atoms with van der Waals surface area (Å²) in [6.07, 6.45) is 1.97. The molecule has 0 aliphatic heterocycles. The van der Waals surface area contributed by atoms with E-state index in [-0.39, 0.29) is 16.6 Å². The van der Waals surface area contributed by atoms with Crippen LogP contribution in [0.2, 0.25) is 0 Å². The average Bonchev–Trinajstić information content (AvgIpc) is 2.74. The van der Waals surface area contributed by atoms with Gasteiger partial charge in [-0.1, -0.05) is 47.8 Å². The molecule has 3 nitrogen and oxygen atoms in total. The summed E-state index contributed by atoms with van der Waals surface area (Å²) >= 11 is 5.21. The van der Waals surface area contributed by atoms with Crippen LogP contribution in [0.25, 0.3) is 10.9 Å². The van der Waals surface area contributed by atoms with Crippen molar-refractivity contribution in [3.05, 3.63) is 34.4 Å². The minimum absolute atomic E-state index is 0.0284. The van der Waals surface area contributed by atoms with Gasteiger partial charge in [0.2, 0.25) is 5.91 Å². The highest BCUT2D eigenvalue weighted by Gasteiger charge is 2.17. The number of hydrogen-bond acceptors (Lipinski definition) is 3. The summed E-state index contributed by atoms with van der Waals surface area (Å²) in [6.45, 7) is 11.1. The number of nitrogens with one attached hydrogen (secondary N) is 1. The van der Waals surface area contributed by atoms with Crippen molar-refractivity contribution in [2.45, 2.75) is 45.9 Å². The molecular formula is C17H23BrN2OS. The van der Waals surface area contributed by atoms with Crippen molar-refractivity contribution in [3.63, 3.8) is 0 Å². The van der Waals surface area contributed by atoms with Gasteiger partial charge in [0, 0.05) is 33.3 Å². The Balaban J connectivity index is 2.36. The molecule has 0 bridgehead atoms. The van der Waals surface area contributed by atoms with Crippen LogP contribution in [-0.2, 0) is 6.54 Å². The van der Waals surface area contributed by atoms with Gasteiger partial charge < -0.3 is 0 Å². The SMILES string of the molecule is CC(C)C(=O)n1cc(CNSC(C)(C)C)c2ccc(Br)cc21. The Morgan fingerprint density at radius 2 is 2.05 bits per heavy atom. The van der Waals surface area contributed by atoms with Crippen molar-refractivity contribution in [1.29, 1.82) is 0 Å². The highest BCUT2D eigenvalue weighted by Crippen LogP contribution is 2.27. The molecule has 0 radical (unpaired) electrons. The molecule has 120 valence electrons. The van der Waals surface area contributed by atoms with Gasteiger partial charge in [-0.2, -0.15) is 0 Å². The van der Waals surface area contributed by atoms with Gasteiger partial charge in [0.25, 0.3) is 0 Å². The Kier molecular flexibility index (Phi) is 5.41. The number of halogens is 1. The monoisotopic (exact) mass is 382 g/mol. The summed E-state index contributed by atoms with van der Waals surface area (Å²) in [6, 6.07) is 6.10. The Morgan fingerprint density at radius 1 is 1.36 bits per heavy atom. The van der Waals surface area contributed by atoms with E-state index in [0.717, 1.165) is 27.5 Å². The maximum absolute atomic E-state index is 12.4. The van der Waals surface area contributed by atoms with Crippen LogP contribution in [0, 0.1) is 5.92 Å². The largest absolute Gasteiger partial charge is 0.287 e. The predicted molar refractivity (Wildman–Crippen MR) is 99.3 cm³/mol. The second-order valence-corrected chi connectivity index (χ2v) is 9.35. The van der Waals surface area contributed by atoms with Gasteiger partial charge in [-0.3, -0.25) is 14.1 Å². The molecule has 0 amide bonds. The fraction of sp³-hybridized carbons (Fsp3) is 0.471. The first kappa shape index (κ1) is 17.6. The van der Waals surface area contributed by atoms with Gasteiger partial charge in [0.15, 0.2) is 0 Å². The lowest BCUT2D eigenvalue weighted by Crippen LogP contribution is -2.17. The molecule has 22 heavy (non-hydrogen) atoms. The van der Waals surface area contributed by atoms with E-state index < -0.39 is 0 Å². The van der Waals surface area contributed by atoms with Gasteiger partial charge in [-0.25, -0.2) is 0 Å². The third-order valence-electron chi connectivity index (χ3n) is 3.22. The molecule has 0 aliphatic carbocycles. The molecular weight excluding hydrogens is 360 g/mol. The van der Waals surface area contributed by atoms with Crippen molar-refractivity contribution >= 4 is 44.7 Å². The van der Waals surface area contributed by atoms with E-state index in [1.165, 1.54) is 0 Å². The molecule has 0 spiro atoms. The molecule has 0 atom stereocenters. The minimum atomic E-state index is -0.0284. The molecule has 0 aliphatic rings. The van der Waals surface area contributed by atoms with Crippen molar-refractivity contribution in [3.8, 4) is 0 Å². The van der Waals surface area contributed by atoms with E-state index in [1.807, 2.05) is 32.2 Å². The highest BCUT2D eigenvalue weighted by atomic mass is 79.9. The standard InChI is InChI=1S/C17H23BrN2OS/c1-11(2)16(21)20-10-12(9-19-22-17(3,4)5)14-7-6-13(18)8-15(14)20/h6-8,10-11,19H,9H2,1-5H3. The zero-order chi connectivity index (χ0) is 16.5. The minimum Gasteiger partial charge on any atom is -0.287 e. The topological polar surface area (TPSA) is 34.0 Å². The Morgan fingerprint density at radius 3 is 2.64 bits per heavy atom. The third-order valence-corrected chi connectivity index (χ3v) is 4.62. The number of nitrogens with zero attached hydrogens (tertiary/aromatic N) is 1. The highest BCUT2D eigenvalue weighted by molar-refractivity contribution is 9.10. The summed E-state index contributed by atoms with van der Waals surface area (Å²) in [4.78, 5) is 12.4. The van der Waals surface area contributed by atoms with E-state index >= 15 is 0 Å². The Bertz CT molecular complexity index is 686. The van der Waals surface area contributed by atoms with Gasteiger partial charge >= 0.3 is 0 Å². The van der Waals surface area contributed by atoms with Gasteiger partial charge in [-0.15, -0.1) is 0 Å². The van der Waals surface area contributed by atoms with E-state index in [9.17, 15) is 4.79 Å². The van der Waals surface area contributed by atoms with Crippen LogP contribution in [0.15, 0.2) is 28.9 Å². The molecule has 2 rings (SSSR count). The van der Waals surface area contributed by atoms with Crippen LogP contribution >= 0.6 is 27.9 Å². The van der Waals surface area contributed by atoms with Crippen molar-refractivity contribution in [2.75, 3.05) is 0 Å². The molecule has 1 heterocycles. The molecule has 0 fully saturated rings. The van der Waals surface area contributed by atoms with Crippen LogP contribution in [0.3, 0.4) is 0 Å². The van der Waals surface area contributed by atoms with E-state index in [4.69, 9.17) is 0 Å². The summed E-state index contributed by atoms with van der Waals surface area (Å²) in [5, 5.41) is 1.12. The lowest BCUT2D eigenvalue weighted by molar-refractivity contribution is 0.0860. The predicted octanol–water partition coefficient (Wildman–Crippen LogP) is 5.24. The fourth-order valence-corrected chi connectivity index (χ4v) is 3.21. The average molecular weight is 383 g/mol. The number of carbonyl (C=O) groups excluding carboxylic acids is 1. The van der Waals surface area contributed by atoms with Gasteiger partial charge in [0.05, 0.1) is 5.52 Å². The summed E-state index contributed by atoms with van der Waals surface area (Å²) in [7, 11) is 0. The Labute approximate surface area is 145 Å². The zero-order valence-corrected chi connectivity index (χ0v) is 16.1. The van der Waals surface area contributed by atoms with E-state index in [0.29, 0.717) is 0 Å². The first-order valence-corrected chi connectivity index (χ1v) is 9.04. The Hall–Kier alpha value is -0.780.